The number of carbonyl (C=O) groups excluding carboxylic acids is 1. The van der Waals surface area contributed by atoms with Crippen LogP contribution in [-0.2, 0) is 0 Å². The van der Waals surface area contributed by atoms with Crippen LogP contribution in [-0.4, -0.2) is 12.5 Å². The number of nitrogens with one attached hydrogen (secondary N) is 1. The average Bonchev–Trinajstić information content (AvgIpc) is 2.28. The number of hydrogen-bond acceptors (Lipinski definition) is 1. The van der Waals surface area contributed by atoms with Crippen molar-refractivity contribution in [1.82, 2.24) is 5.32 Å². The minimum absolute atomic E-state index is 0.195. The van der Waals surface area contributed by atoms with Gasteiger partial charge in [-0.15, -0.1) is 0 Å². The molecule has 3 heteroatoms. The van der Waals surface area contributed by atoms with E-state index in [0.29, 0.717) is 18.0 Å². The second kappa shape index (κ2) is 6.38. The van der Waals surface area contributed by atoms with Crippen molar-refractivity contribution in [3.8, 4) is 0 Å². The van der Waals surface area contributed by atoms with Gasteiger partial charge in [0.05, 0.1) is 0 Å². The summed E-state index contributed by atoms with van der Waals surface area (Å²) in [5.74, 6) is -0.0641. The molecule has 0 saturated carbocycles. The first-order chi connectivity index (χ1) is 8.06. The van der Waals surface area contributed by atoms with E-state index < -0.39 is 0 Å². The summed E-state index contributed by atoms with van der Waals surface area (Å²) in [6.45, 7) is 6.64. The number of rotatable bonds is 5. The Balaban J connectivity index is 2.63. The first kappa shape index (κ1) is 13.7. The molecule has 0 aliphatic carbocycles. The molecule has 0 unspecified atom stereocenters. The Morgan fingerprint density at radius 1 is 1.29 bits per heavy atom. The molecular formula is C14H20FNO. The van der Waals surface area contributed by atoms with E-state index in [4.69, 9.17) is 0 Å². The van der Waals surface area contributed by atoms with Gasteiger partial charge in [0, 0.05) is 12.1 Å². The Labute approximate surface area is 102 Å². The molecule has 0 bridgehead atoms. The van der Waals surface area contributed by atoms with Gasteiger partial charge < -0.3 is 5.32 Å². The number of halogens is 1. The van der Waals surface area contributed by atoms with Gasteiger partial charge in [0.15, 0.2) is 0 Å². The number of aryl methyl sites for hydroxylation is 1. The molecular weight excluding hydrogens is 217 g/mol. The van der Waals surface area contributed by atoms with Crippen LogP contribution in [0.5, 0.6) is 0 Å². The van der Waals surface area contributed by atoms with Crippen molar-refractivity contribution in [3.05, 3.63) is 35.1 Å². The summed E-state index contributed by atoms with van der Waals surface area (Å²) in [5.41, 5.74) is 1.16. The summed E-state index contributed by atoms with van der Waals surface area (Å²) in [4.78, 5) is 11.8. The molecule has 0 spiro atoms. The Morgan fingerprint density at radius 3 is 2.47 bits per heavy atom. The Morgan fingerprint density at radius 2 is 1.94 bits per heavy atom. The molecule has 0 aliphatic rings. The summed E-state index contributed by atoms with van der Waals surface area (Å²) < 4.78 is 13.1. The van der Waals surface area contributed by atoms with Crippen LogP contribution < -0.4 is 5.32 Å². The van der Waals surface area contributed by atoms with E-state index >= 15 is 0 Å². The van der Waals surface area contributed by atoms with E-state index in [1.807, 2.05) is 0 Å². The van der Waals surface area contributed by atoms with Crippen molar-refractivity contribution in [2.75, 3.05) is 6.54 Å². The lowest BCUT2D eigenvalue weighted by atomic mass is 10.0. The predicted octanol–water partition coefficient (Wildman–Crippen LogP) is 3.30. The summed E-state index contributed by atoms with van der Waals surface area (Å²) in [6.07, 6.45) is 2.08. The predicted molar refractivity (Wildman–Crippen MR) is 67.5 cm³/mol. The molecule has 1 N–H and O–H groups in total. The summed E-state index contributed by atoms with van der Waals surface area (Å²) >= 11 is 0. The quantitative estimate of drug-likeness (QED) is 0.836. The molecule has 2 nitrogen and oxygen atoms in total. The van der Waals surface area contributed by atoms with E-state index in [1.54, 1.807) is 13.0 Å². The maximum atomic E-state index is 13.1. The highest BCUT2D eigenvalue weighted by molar-refractivity contribution is 5.94. The van der Waals surface area contributed by atoms with Gasteiger partial charge in [-0.05, 0) is 36.6 Å². The number of hydrogen-bond donors (Lipinski definition) is 1. The van der Waals surface area contributed by atoms with Gasteiger partial charge in [-0.2, -0.15) is 0 Å². The summed E-state index contributed by atoms with van der Waals surface area (Å²) in [7, 11) is 0. The van der Waals surface area contributed by atoms with Crippen molar-refractivity contribution in [2.24, 2.45) is 5.92 Å². The normalized spacial score (nSPS) is 10.6. The SMILES string of the molecule is CCC(CC)CNC(=O)c1cc(C)cc(F)c1. The fraction of sp³-hybridized carbons (Fsp3) is 0.500. The molecule has 0 heterocycles. The molecule has 0 aromatic heterocycles. The van der Waals surface area contributed by atoms with Crippen LogP contribution in [0, 0.1) is 18.7 Å². The summed E-state index contributed by atoms with van der Waals surface area (Å²) in [6, 6.07) is 4.39. The molecule has 0 saturated heterocycles. The van der Waals surface area contributed by atoms with Gasteiger partial charge in [0.1, 0.15) is 5.82 Å². The van der Waals surface area contributed by atoms with Crippen LogP contribution in [0.25, 0.3) is 0 Å². The third-order valence-electron chi connectivity index (χ3n) is 3.01. The zero-order valence-electron chi connectivity index (χ0n) is 10.7. The van der Waals surface area contributed by atoms with E-state index in [9.17, 15) is 9.18 Å². The molecule has 0 atom stereocenters. The van der Waals surface area contributed by atoms with Gasteiger partial charge in [0.2, 0.25) is 0 Å². The molecule has 1 amide bonds. The molecule has 1 aromatic rings. The maximum absolute atomic E-state index is 13.1. The molecule has 0 aliphatic heterocycles. The first-order valence-corrected chi connectivity index (χ1v) is 6.12. The van der Waals surface area contributed by atoms with E-state index in [2.05, 4.69) is 19.2 Å². The van der Waals surface area contributed by atoms with Crippen molar-refractivity contribution < 1.29 is 9.18 Å². The van der Waals surface area contributed by atoms with E-state index in [0.717, 1.165) is 18.4 Å². The largest absolute Gasteiger partial charge is 0.352 e. The first-order valence-electron chi connectivity index (χ1n) is 6.12. The van der Waals surface area contributed by atoms with Crippen LogP contribution in [0.1, 0.15) is 42.6 Å². The topological polar surface area (TPSA) is 29.1 Å². The van der Waals surface area contributed by atoms with Crippen molar-refractivity contribution >= 4 is 5.91 Å². The maximum Gasteiger partial charge on any atom is 0.251 e. The average molecular weight is 237 g/mol. The van der Waals surface area contributed by atoms with Gasteiger partial charge in [0.25, 0.3) is 5.91 Å². The fourth-order valence-corrected chi connectivity index (χ4v) is 1.78. The molecule has 0 fully saturated rings. The van der Waals surface area contributed by atoms with Crippen LogP contribution in [0.15, 0.2) is 18.2 Å². The standard InChI is InChI=1S/C14H20FNO/c1-4-11(5-2)9-16-14(17)12-6-10(3)7-13(15)8-12/h6-8,11H,4-5,9H2,1-3H3,(H,16,17). The van der Waals surface area contributed by atoms with E-state index in [-0.39, 0.29) is 11.7 Å². The third-order valence-corrected chi connectivity index (χ3v) is 3.01. The number of benzene rings is 1. The van der Waals surface area contributed by atoms with Gasteiger partial charge in [-0.1, -0.05) is 26.7 Å². The molecule has 17 heavy (non-hydrogen) atoms. The van der Waals surface area contributed by atoms with Crippen molar-refractivity contribution in [1.29, 1.82) is 0 Å². The van der Waals surface area contributed by atoms with E-state index in [1.165, 1.54) is 12.1 Å². The Kier molecular flexibility index (Phi) is 5.13. The fourth-order valence-electron chi connectivity index (χ4n) is 1.78. The second-order valence-corrected chi connectivity index (χ2v) is 4.41. The van der Waals surface area contributed by atoms with Crippen molar-refractivity contribution in [3.63, 3.8) is 0 Å². The zero-order valence-corrected chi connectivity index (χ0v) is 10.7. The third kappa shape index (κ3) is 4.17. The minimum atomic E-state index is -0.363. The van der Waals surface area contributed by atoms with Crippen LogP contribution in [0.2, 0.25) is 0 Å². The molecule has 1 aromatic carbocycles. The summed E-state index contributed by atoms with van der Waals surface area (Å²) in [5, 5.41) is 2.85. The monoisotopic (exact) mass is 237 g/mol. The van der Waals surface area contributed by atoms with Crippen LogP contribution in [0.3, 0.4) is 0 Å². The van der Waals surface area contributed by atoms with Crippen LogP contribution >= 0.6 is 0 Å². The minimum Gasteiger partial charge on any atom is -0.352 e. The Hall–Kier alpha value is -1.38. The highest BCUT2D eigenvalue weighted by Gasteiger charge is 2.10. The van der Waals surface area contributed by atoms with Crippen molar-refractivity contribution in [2.45, 2.75) is 33.6 Å². The second-order valence-electron chi connectivity index (χ2n) is 4.41. The smallest absolute Gasteiger partial charge is 0.251 e. The highest BCUT2D eigenvalue weighted by Crippen LogP contribution is 2.09. The van der Waals surface area contributed by atoms with Gasteiger partial charge >= 0.3 is 0 Å². The van der Waals surface area contributed by atoms with Gasteiger partial charge in [-0.25, -0.2) is 4.39 Å². The highest BCUT2D eigenvalue weighted by atomic mass is 19.1. The zero-order chi connectivity index (χ0) is 12.8. The van der Waals surface area contributed by atoms with Crippen LogP contribution in [0.4, 0.5) is 4.39 Å². The lowest BCUT2D eigenvalue weighted by molar-refractivity contribution is 0.0946. The Bertz CT molecular complexity index is 366. The number of amides is 1. The lowest BCUT2D eigenvalue weighted by Gasteiger charge is -2.13. The molecule has 0 radical (unpaired) electrons. The number of carbonyl (C=O) groups is 1. The molecule has 1 rings (SSSR count). The lowest BCUT2D eigenvalue weighted by Crippen LogP contribution is -2.29. The van der Waals surface area contributed by atoms with Gasteiger partial charge in [-0.3, -0.25) is 4.79 Å². The molecule has 94 valence electrons.